The van der Waals surface area contributed by atoms with Crippen LogP contribution in [-0.4, -0.2) is 66.2 Å². The number of carbonyl (C=O) groups excluding carboxylic acids is 1. The number of alkyl halides is 6. The summed E-state index contributed by atoms with van der Waals surface area (Å²) >= 11 is 5.94. The molecule has 7 nitrogen and oxygen atoms in total. The smallest absolute Gasteiger partial charge is 0.360 e. The molecule has 1 aliphatic heterocycles. The fraction of sp³-hybridized carbons (Fsp3) is 0.680. The Bertz CT molecular complexity index is 1240. The van der Waals surface area contributed by atoms with E-state index in [0.717, 1.165) is 0 Å². The van der Waals surface area contributed by atoms with Crippen molar-refractivity contribution in [3.8, 4) is 0 Å². The molecule has 40 heavy (non-hydrogen) atoms. The van der Waals surface area contributed by atoms with Gasteiger partial charge in [0.05, 0.1) is 17.7 Å². The highest BCUT2D eigenvalue weighted by Crippen LogP contribution is 2.71. The Balaban J connectivity index is 1.46. The molecule has 224 valence electrons. The van der Waals surface area contributed by atoms with E-state index in [9.17, 15) is 39.6 Å². The first-order chi connectivity index (χ1) is 18.3. The molecule has 1 amide bonds. The Hall–Kier alpha value is -2.06. The molecule has 0 spiro atoms. The lowest BCUT2D eigenvalue weighted by Gasteiger charge is -2.73. The highest BCUT2D eigenvalue weighted by molar-refractivity contribution is 7.89. The van der Waals surface area contributed by atoms with Crippen molar-refractivity contribution in [1.82, 2.24) is 14.9 Å². The fourth-order valence-electron chi connectivity index (χ4n) is 5.92. The fourth-order valence-corrected chi connectivity index (χ4v) is 7.90. The number of rotatable bonds is 11. The lowest BCUT2D eigenvalue weighted by molar-refractivity contribution is -0.151. The first-order valence-corrected chi connectivity index (χ1v) is 14.8. The van der Waals surface area contributed by atoms with E-state index in [4.69, 9.17) is 11.6 Å². The molecule has 3 aliphatic carbocycles. The number of nitrogens with one attached hydrogen (secondary N) is 2. The highest BCUT2D eigenvalue weighted by atomic mass is 35.5. The number of amides is 1. The molecule has 1 aromatic rings. The Kier molecular flexibility index (Phi) is 7.98. The number of hydrogen-bond acceptors (Lipinski definition) is 5. The van der Waals surface area contributed by atoms with Gasteiger partial charge in [0, 0.05) is 35.5 Å². The van der Waals surface area contributed by atoms with E-state index in [2.05, 4.69) is 15.6 Å². The summed E-state index contributed by atoms with van der Waals surface area (Å²) in [7, 11) is -4.07. The van der Waals surface area contributed by atoms with Crippen LogP contribution >= 0.6 is 11.6 Å². The molecule has 2 N–H and O–H groups in total. The molecule has 15 heteroatoms. The zero-order valence-corrected chi connectivity index (χ0v) is 23.5. The van der Waals surface area contributed by atoms with Gasteiger partial charge in [-0.15, -0.1) is 0 Å². The van der Waals surface area contributed by atoms with Crippen LogP contribution in [0.25, 0.3) is 0 Å². The molecule has 0 unspecified atom stereocenters. The van der Waals surface area contributed by atoms with Gasteiger partial charge in [-0.3, -0.25) is 9.79 Å². The van der Waals surface area contributed by atoms with Gasteiger partial charge in [-0.2, -0.15) is 30.6 Å². The van der Waals surface area contributed by atoms with Crippen LogP contribution in [-0.2, 0) is 21.4 Å². The Morgan fingerprint density at radius 2 is 1.65 bits per heavy atom. The third-order valence-electron chi connectivity index (χ3n) is 7.83. The molecule has 1 aromatic carbocycles. The van der Waals surface area contributed by atoms with Gasteiger partial charge in [-0.25, -0.2) is 8.42 Å². The van der Waals surface area contributed by atoms with Crippen LogP contribution in [0.3, 0.4) is 0 Å². The van der Waals surface area contributed by atoms with Crippen molar-refractivity contribution in [2.45, 2.75) is 88.4 Å². The summed E-state index contributed by atoms with van der Waals surface area (Å²) in [6.07, 6.45) is -10.7. The first-order valence-electron chi connectivity index (χ1n) is 12.8. The minimum absolute atomic E-state index is 0.0305. The monoisotopic (exact) mass is 616 g/mol. The average Bonchev–Trinajstić information content (AvgIpc) is 3.05. The number of halogens is 7. The van der Waals surface area contributed by atoms with Crippen LogP contribution in [0.4, 0.5) is 26.3 Å². The largest absolute Gasteiger partial charge is 0.390 e. The van der Waals surface area contributed by atoms with Gasteiger partial charge in [-0.05, 0) is 57.2 Å². The highest BCUT2D eigenvalue weighted by Gasteiger charge is 2.75. The third kappa shape index (κ3) is 6.53. The van der Waals surface area contributed by atoms with E-state index in [1.54, 1.807) is 38.1 Å². The van der Waals surface area contributed by atoms with Gasteiger partial charge < -0.3 is 10.6 Å². The van der Waals surface area contributed by atoms with Gasteiger partial charge in [-0.1, -0.05) is 23.7 Å². The topological polar surface area (TPSA) is 90.9 Å². The molecular weight excluding hydrogens is 586 g/mol. The Morgan fingerprint density at radius 1 is 1.07 bits per heavy atom. The molecule has 1 atom stereocenters. The molecular formula is C25H31ClF6N4O3S. The van der Waals surface area contributed by atoms with Crippen molar-refractivity contribution in [1.29, 1.82) is 0 Å². The molecule has 3 saturated carbocycles. The minimum atomic E-state index is -4.47. The van der Waals surface area contributed by atoms with Crippen molar-refractivity contribution >= 4 is 33.4 Å². The van der Waals surface area contributed by atoms with Crippen molar-refractivity contribution in [3.05, 3.63) is 34.9 Å². The van der Waals surface area contributed by atoms with Crippen LogP contribution in [0.5, 0.6) is 0 Å². The SMILES string of the molecule is CC1(C)N=C(C23CC(N(Cc4ccc(Cl)cc4)S(=O)(=O)CCCC(F)(F)F)(C2)C3)N[C@H]1C(=O)NCCC(F)(F)F. The maximum atomic E-state index is 13.3. The average molecular weight is 617 g/mol. The second-order valence-electron chi connectivity index (χ2n) is 11.6. The maximum Gasteiger partial charge on any atom is 0.390 e. The standard InChI is InChI=1S/C25H31ClF6N4O3S/c1-21(2)18(19(37)33-10-9-25(30,31)32)34-20(35-21)22-13-23(14-22,15-22)36(12-16-4-6-17(26)7-5-16)40(38,39)11-3-8-24(27,28)29/h4-7,18H,3,8-15H2,1-2H3,(H,33,37)(H,34,35)/t18-,22?,23?/m0/s1. The first kappa shape index (κ1) is 30.9. The Morgan fingerprint density at radius 3 is 2.20 bits per heavy atom. The molecule has 2 bridgehead atoms. The molecule has 3 fully saturated rings. The van der Waals surface area contributed by atoms with Gasteiger partial charge in [0.1, 0.15) is 11.9 Å². The van der Waals surface area contributed by atoms with E-state index in [1.165, 1.54) is 4.31 Å². The second-order valence-corrected chi connectivity index (χ2v) is 14.0. The zero-order valence-electron chi connectivity index (χ0n) is 21.9. The lowest BCUT2D eigenvalue weighted by Crippen LogP contribution is -2.78. The summed E-state index contributed by atoms with van der Waals surface area (Å²) in [5, 5.41) is 5.81. The van der Waals surface area contributed by atoms with E-state index in [-0.39, 0.29) is 6.54 Å². The number of nitrogens with zero attached hydrogens (tertiary/aromatic N) is 2. The summed E-state index contributed by atoms with van der Waals surface area (Å²) in [6, 6.07) is 5.63. The number of carbonyl (C=O) groups is 1. The number of aliphatic imine (C=N–C) groups is 1. The predicted octanol–water partition coefficient (Wildman–Crippen LogP) is 4.95. The van der Waals surface area contributed by atoms with Gasteiger partial charge in [0.2, 0.25) is 15.9 Å². The van der Waals surface area contributed by atoms with E-state index >= 15 is 0 Å². The normalized spacial score (nSPS) is 27.4. The molecule has 1 heterocycles. The molecule has 0 radical (unpaired) electrons. The number of hydrogen-bond donors (Lipinski definition) is 2. The summed E-state index contributed by atoms with van der Waals surface area (Å²) in [5.41, 5.74) is -1.67. The number of benzene rings is 1. The lowest BCUT2D eigenvalue weighted by atomic mass is 9.38. The van der Waals surface area contributed by atoms with Crippen LogP contribution < -0.4 is 10.6 Å². The van der Waals surface area contributed by atoms with E-state index in [1.807, 2.05) is 0 Å². The predicted molar refractivity (Wildman–Crippen MR) is 137 cm³/mol. The summed E-state index contributed by atoms with van der Waals surface area (Å²) in [5.74, 6) is -0.775. The van der Waals surface area contributed by atoms with Crippen molar-refractivity contribution in [3.63, 3.8) is 0 Å². The van der Waals surface area contributed by atoms with Crippen LogP contribution in [0, 0.1) is 5.41 Å². The van der Waals surface area contributed by atoms with Crippen molar-refractivity contribution < 1.29 is 39.6 Å². The maximum absolute atomic E-state index is 13.3. The summed E-state index contributed by atoms with van der Waals surface area (Å²) < 4.78 is 104. The van der Waals surface area contributed by atoms with E-state index in [0.29, 0.717) is 35.7 Å². The number of sulfonamides is 1. The number of amidine groups is 1. The van der Waals surface area contributed by atoms with E-state index < -0.39 is 82.4 Å². The van der Waals surface area contributed by atoms with Crippen molar-refractivity contribution in [2.75, 3.05) is 12.3 Å². The minimum Gasteiger partial charge on any atom is -0.360 e. The van der Waals surface area contributed by atoms with Crippen LogP contribution in [0.2, 0.25) is 5.02 Å². The molecule has 0 saturated heterocycles. The Labute approximate surface area is 233 Å². The third-order valence-corrected chi connectivity index (χ3v) is 10.1. The molecule has 0 aromatic heterocycles. The summed E-state index contributed by atoms with van der Waals surface area (Å²) in [6.45, 7) is 2.77. The zero-order chi connectivity index (χ0) is 29.8. The van der Waals surface area contributed by atoms with Gasteiger partial charge in [0.25, 0.3) is 0 Å². The second kappa shape index (κ2) is 10.3. The van der Waals surface area contributed by atoms with Crippen LogP contribution in [0.1, 0.15) is 57.9 Å². The van der Waals surface area contributed by atoms with Gasteiger partial charge >= 0.3 is 12.4 Å². The molecule has 4 aliphatic rings. The van der Waals surface area contributed by atoms with Gasteiger partial charge in [0.15, 0.2) is 0 Å². The quantitative estimate of drug-likeness (QED) is 0.344. The summed E-state index contributed by atoms with van der Waals surface area (Å²) in [4.78, 5) is 17.3. The van der Waals surface area contributed by atoms with Crippen LogP contribution in [0.15, 0.2) is 29.3 Å². The molecule has 5 rings (SSSR count). The van der Waals surface area contributed by atoms with Crippen molar-refractivity contribution in [2.24, 2.45) is 10.4 Å².